The minimum absolute atomic E-state index is 0.00632. The molecule has 0 radical (unpaired) electrons. The Morgan fingerprint density at radius 2 is 2.29 bits per heavy atom. The average Bonchev–Trinajstić information content (AvgIpc) is 2.59. The van der Waals surface area contributed by atoms with Crippen molar-refractivity contribution >= 4 is 37.3 Å². The molecule has 1 atom stereocenters. The number of hydrogen-bond acceptors (Lipinski definition) is 4. The lowest BCUT2D eigenvalue weighted by atomic mass is 10.3. The maximum Gasteiger partial charge on any atom is 0.244 e. The third-order valence-electron chi connectivity index (χ3n) is 2.87. The van der Waals surface area contributed by atoms with E-state index in [0.717, 1.165) is 8.66 Å². The highest BCUT2D eigenvalue weighted by Crippen LogP contribution is 2.32. The molecule has 7 heteroatoms. The summed E-state index contributed by atoms with van der Waals surface area (Å²) < 4.78 is 27.5. The Kier molecular flexibility index (Phi) is 3.94. The molecule has 1 aromatic rings. The van der Waals surface area contributed by atoms with Crippen LogP contribution >= 0.6 is 27.3 Å². The van der Waals surface area contributed by atoms with Crippen molar-refractivity contribution in [3.63, 3.8) is 0 Å². The summed E-state index contributed by atoms with van der Waals surface area (Å²) in [6.45, 7) is 5.74. The Morgan fingerprint density at radius 1 is 1.59 bits per heavy atom. The summed E-state index contributed by atoms with van der Waals surface area (Å²) in [5, 5.41) is 3.20. The molecule has 0 spiro atoms. The van der Waals surface area contributed by atoms with E-state index in [9.17, 15) is 8.42 Å². The molecule has 0 amide bonds. The van der Waals surface area contributed by atoms with Crippen LogP contribution in [0.1, 0.15) is 11.8 Å². The minimum atomic E-state index is -3.35. The van der Waals surface area contributed by atoms with Gasteiger partial charge in [0.1, 0.15) is 0 Å². The predicted molar refractivity (Wildman–Crippen MR) is 73.0 cm³/mol. The van der Waals surface area contributed by atoms with Gasteiger partial charge in [0.05, 0.1) is 8.68 Å². The van der Waals surface area contributed by atoms with Gasteiger partial charge in [-0.25, -0.2) is 8.42 Å². The van der Waals surface area contributed by atoms with Gasteiger partial charge in [-0.3, -0.25) is 0 Å². The number of nitrogens with zero attached hydrogens (tertiary/aromatic N) is 1. The summed E-state index contributed by atoms with van der Waals surface area (Å²) in [5.74, 6) is 0. The van der Waals surface area contributed by atoms with Crippen LogP contribution in [0.15, 0.2) is 14.7 Å². The molecule has 1 aliphatic heterocycles. The van der Waals surface area contributed by atoms with Crippen LogP contribution in [-0.4, -0.2) is 38.4 Å². The predicted octanol–water partition coefficient (Wildman–Crippen LogP) is 1.80. The van der Waals surface area contributed by atoms with Gasteiger partial charge >= 0.3 is 0 Å². The molecule has 1 fully saturated rings. The zero-order valence-corrected chi connectivity index (χ0v) is 13.0. The van der Waals surface area contributed by atoms with Crippen molar-refractivity contribution < 1.29 is 8.42 Å². The highest BCUT2D eigenvalue weighted by molar-refractivity contribution is 9.11. The second kappa shape index (κ2) is 4.97. The summed E-state index contributed by atoms with van der Waals surface area (Å²) in [6.07, 6.45) is 0. The first-order valence-corrected chi connectivity index (χ1v) is 8.46. The van der Waals surface area contributed by atoms with E-state index in [4.69, 9.17) is 0 Å². The van der Waals surface area contributed by atoms with Gasteiger partial charge in [0.2, 0.25) is 10.0 Å². The van der Waals surface area contributed by atoms with Gasteiger partial charge in [0.25, 0.3) is 0 Å². The third kappa shape index (κ3) is 2.58. The summed E-state index contributed by atoms with van der Waals surface area (Å²) in [6, 6.07) is 1.70. The SMILES string of the molecule is Cc1sc(Br)cc1S(=O)(=O)N1CCNCC1C. The number of aryl methyl sites for hydroxylation is 1. The van der Waals surface area contributed by atoms with E-state index in [1.54, 1.807) is 10.4 Å². The van der Waals surface area contributed by atoms with E-state index in [2.05, 4.69) is 21.2 Å². The van der Waals surface area contributed by atoms with Crippen LogP contribution in [0.3, 0.4) is 0 Å². The number of thiophene rings is 1. The first kappa shape index (κ1) is 13.5. The van der Waals surface area contributed by atoms with Gasteiger partial charge in [0, 0.05) is 30.6 Å². The molecule has 0 aliphatic carbocycles. The molecular formula is C10H15BrN2O2S2. The monoisotopic (exact) mass is 338 g/mol. The standard InChI is InChI=1S/C10H15BrN2O2S2/c1-7-6-12-3-4-13(7)17(14,15)9-5-10(11)16-8(9)2/h5,7,12H,3-4,6H2,1-2H3. The van der Waals surface area contributed by atoms with Gasteiger partial charge in [-0.05, 0) is 35.8 Å². The summed E-state index contributed by atoms with van der Waals surface area (Å²) >= 11 is 4.79. The fourth-order valence-electron chi connectivity index (χ4n) is 1.99. The van der Waals surface area contributed by atoms with Crippen molar-refractivity contribution in [3.05, 3.63) is 14.7 Å². The van der Waals surface area contributed by atoms with Gasteiger partial charge in [-0.15, -0.1) is 11.3 Å². The van der Waals surface area contributed by atoms with Crippen LogP contribution in [0.4, 0.5) is 0 Å². The van der Waals surface area contributed by atoms with E-state index in [-0.39, 0.29) is 6.04 Å². The lowest BCUT2D eigenvalue weighted by molar-refractivity contribution is 0.284. The third-order valence-corrected chi connectivity index (χ3v) is 6.69. The summed E-state index contributed by atoms with van der Waals surface area (Å²) in [4.78, 5) is 1.27. The van der Waals surface area contributed by atoms with E-state index in [0.29, 0.717) is 24.5 Å². The van der Waals surface area contributed by atoms with Crippen LogP contribution in [0, 0.1) is 6.92 Å². The number of sulfonamides is 1. The topological polar surface area (TPSA) is 49.4 Å². The van der Waals surface area contributed by atoms with Crippen molar-refractivity contribution in [2.24, 2.45) is 0 Å². The molecule has 1 unspecified atom stereocenters. The molecule has 1 aromatic heterocycles. The highest BCUT2D eigenvalue weighted by Gasteiger charge is 2.32. The van der Waals surface area contributed by atoms with Crippen LogP contribution in [0.5, 0.6) is 0 Å². The Morgan fingerprint density at radius 3 is 2.82 bits per heavy atom. The quantitative estimate of drug-likeness (QED) is 0.894. The maximum absolute atomic E-state index is 12.5. The van der Waals surface area contributed by atoms with Gasteiger partial charge in [-0.2, -0.15) is 4.31 Å². The first-order valence-electron chi connectivity index (χ1n) is 5.41. The zero-order chi connectivity index (χ0) is 12.6. The number of rotatable bonds is 2. The largest absolute Gasteiger partial charge is 0.314 e. The molecule has 0 saturated carbocycles. The second-order valence-electron chi connectivity index (χ2n) is 4.14. The van der Waals surface area contributed by atoms with Crippen molar-refractivity contribution in [1.29, 1.82) is 0 Å². The van der Waals surface area contributed by atoms with Crippen LogP contribution in [0.2, 0.25) is 0 Å². The Hall–Kier alpha value is 0.0500. The Labute approximate surface area is 114 Å². The number of halogens is 1. The molecule has 17 heavy (non-hydrogen) atoms. The lowest BCUT2D eigenvalue weighted by Crippen LogP contribution is -2.52. The number of nitrogens with one attached hydrogen (secondary N) is 1. The van der Waals surface area contributed by atoms with Crippen LogP contribution < -0.4 is 5.32 Å². The lowest BCUT2D eigenvalue weighted by Gasteiger charge is -2.32. The molecular weight excluding hydrogens is 324 g/mol. The smallest absolute Gasteiger partial charge is 0.244 e. The molecule has 1 N–H and O–H groups in total. The van der Waals surface area contributed by atoms with Gasteiger partial charge in [0.15, 0.2) is 0 Å². The molecule has 2 rings (SSSR count). The van der Waals surface area contributed by atoms with Crippen molar-refractivity contribution in [1.82, 2.24) is 9.62 Å². The fraction of sp³-hybridized carbons (Fsp3) is 0.600. The molecule has 1 aliphatic rings. The van der Waals surface area contributed by atoms with E-state index < -0.39 is 10.0 Å². The first-order chi connectivity index (χ1) is 7.93. The summed E-state index contributed by atoms with van der Waals surface area (Å²) in [5.41, 5.74) is 0. The Balaban J connectivity index is 2.39. The van der Waals surface area contributed by atoms with Crippen molar-refractivity contribution in [3.8, 4) is 0 Å². The van der Waals surface area contributed by atoms with E-state index in [1.807, 2.05) is 13.8 Å². The molecule has 0 aromatic carbocycles. The second-order valence-corrected chi connectivity index (χ2v) is 8.63. The number of hydrogen-bond donors (Lipinski definition) is 1. The van der Waals surface area contributed by atoms with E-state index >= 15 is 0 Å². The average molecular weight is 339 g/mol. The highest BCUT2D eigenvalue weighted by atomic mass is 79.9. The van der Waals surface area contributed by atoms with Crippen molar-refractivity contribution in [2.75, 3.05) is 19.6 Å². The molecule has 0 bridgehead atoms. The minimum Gasteiger partial charge on any atom is -0.314 e. The van der Waals surface area contributed by atoms with E-state index in [1.165, 1.54) is 11.3 Å². The van der Waals surface area contributed by atoms with Crippen molar-refractivity contribution in [2.45, 2.75) is 24.8 Å². The van der Waals surface area contributed by atoms with Gasteiger partial charge in [-0.1, -0.05) is 0 Å². The molecule has 4 nitrogen and oxygen atoms in total. The fourth-order valence-corrected chi connectivity index (χ4v) is 6.01. The maximum atomic E-state index is 12.5. The van der Waals surface area contributed by atoms with Crippen LogP contribution in [-0.2, 0) is 10.0 Å². The molecule has 2 heterocycles. The molecule has 1 saturated heterocycles. The zero-order valence-electron chi connectivity index (χ0n) is 9.73. The summed E-state index contributed by atoms with van der Waals surface area (Å²) in [7, 11) is -3.35. The van der Waals surface area contributed by atoms with Crippen LogP contribution in [0.25, 0.3) is 0 Å². The number of piperazine rings is 1. The van der Waals surface area contributed by atoms with Gasteiger partial charge < -0.3 is 5.32 Å². The molecule has 96 valence electrons. The normalized spacial score (nSPS) is 22.9. The Bertz CT molecular complexity index is 512.